The first-order valence-electron chi connectivity index (χ1n) is 7.42. The molecule has 1 aliphatic rings. The molecule has 0 bridgehead atoms. The molecule has 0 amide bonds. The second-order valence-electron chi connectivity index (χ2n) is 6.99. The van der Waals surface area contributed by atoms with E-state index in [0.29, 0.717) is 18.0 Å². The second-order valence-corrected chi connectivity index (χ2v) is 6.99. The maximum absolute atomic E-state index is 12.3. The van der Waals surface area contributed by atoms with Crippen molar-refractivity contribution in [1.82, 2.24) is 9.78 Å². The number of esters is 1. The van der Waals surface area contributed by atoms with Crippen LogP contribution in [0.15, 0.2) is 6.07 Å². The highest BCUT2D eigenvalue weighted by molar-refractivity contribution is 5.87. The quantitative estimate of drug-likeness (QED) is 0.801. The first kappa shape index (κ1) is 16.0. The first-order chi connectivity index (χ1) is 9.62. The SMILES string of the molecule is CO[C@@]1(C)C[C@H](OC(=O)c2cc(C(C)C)n(C)n2)C1(C)C. The van der Waals surface area contributed by atoms with Crippen LogP contribution in [0.4, 0.5) is 0 Å². The van der Waals surface area contributed by atoms with E-state index in [0.717, 1.165) is 5.69 Å². The zero-order valence-corrected chi connectivity index (χ0v) is 14.1. The maximum Gasteiger partial charge on any atom is 0.359 e. The number of nitrogens with zero attached hydrogens (tertiary/aromatic N) is 2. The molecule has 0 unspecified atom stereocenters. The van der Waals surface area contributed by atoms with Gasteiger partial charge in [0.25, 0.3) is 0 Å². The summed E-state index contributed by atoms with van der Waals surface area (Å²) in [6.07, 6.45) is 0.575. The molecule has 0 spiro atoms. The number of ether oxygens (including phenoxy) is 2. The van der Waals surface area contributed by atoms with E-state index in [1.165, 1.54) is 0 Å². The van der Waals surface area contributed by atoms with Crippen LogP contribution in [-0.2, 0) is 16.5 Å². The van der Waals surface area contributed by atoms with Gasteiger partial charge in [0.15, 0.2) is 5.69 Å². The Kier molecular flexibility index (Phi) is 3.91. The van der Waals surface area contributed by atoms with Gasteiger partial charge in [-0.05, 0) is 18.9 Å². The number of hydrogen-bond acceptors (Lipinski definition) is 4. The number of methoxy groups -OCH3 is 1. The fourth-order valence-electron chi connectivity index (χ4n) is 2.93. The summed E-state index contributed by atoms with van der Waals surface area (Å²) in [5.74, 6) is -0.0327. The van der Waals surface area contributed by atoms with E-state index in [9.17, 15) is 4.79 Å². The van der Waals surface area contributed by atoms with Crippen molar-refractivity contribution in [2.75, 3.05) is 7.11 Å². The molecule has 0 aromatic carbocycles. The summed E-state index contributed by atoms with van der Waals surface area (Å²) in [4.78, 5) is 12.3. The molecular weight excluding hydrogens is 268 g/mol. The zero-order chi connectivity index (χ0) is 16.0. The third-order valence-electron chi connectivity index (χ3n) is 5.16. The molecule has 0 aliphatic heterocycles. The molecule has 21 heavy (non-hydrogen) atoms. The molecule has 1 aromatic heterocycles. The minimum absolute atomic E-state index is 0.139. The molecule has 2 atom stereocenters. The lowest BCUT2D eigenvalue weighted by molar-refractivity contribution is -0.229. The van der Waals surface area contributed by atoms with Crippen molar-refractivity contribution in [3.63, 3.8) is 0 Å². The summed E-state index contributed by atoms with van der Waals surface area (Å²) in [5.41, 5.74) is 0.956. The van der Waals surface area contributed by atoms with Gasteiger partial charge in [-0.15, -0.1) is 0 Å². The molecule has 5 heteroatoms. The molecule has 0 N–H and O–H groups in total. The van der Waals surface area contributed by atoms with Gasteiger partial charge in [0.05, 0.1) is 5.60 Å². The fraction of sp³-hybridized carbons (Fsp3) is 0.750. The van der Waals surface area contributed by atoms with E-state index in [1.807, 2.05) is 13.1 Å². The molecule has 1 aromatic rings. The molecule has 1 heterocycles. The molecule has 1 aliphatic carbocycles. The van der Waals surface area contributed by atoms with Crippen molar-refractivity contribution >= 4 is 5.97 Å². The normalized spacial score (nSPS) is 27.5. The van der Waals surface area contributed by atoms with E-state index >= 15 is 0 Å². The number of carbonyl (C=O) groups is 1. The first-order valence-corrected chi connectivity index (χ1v) is 7.42. The molecule has 2 rings (SSSR count). The van der Waals surface area contributed by atoms with Crippen molar-refractivity contribution in [1.29, 1.82) is 0 Å². The molecule has 0 radical (unpaired) electrons. The average molecular weight is 294 g/mol. The van der Waals surface area contributed by atoms with Crippen molar-refractivity contribution in [3.05, 3.63) is 17.5 Å². The second kappa shape index (κ2) is 5.13. The smallest absolute Gasteiger partial charge is 0.359 e. The van der Waals surface area contributed by atoms with Gasteiger partial charge in [0.1, 0.15) is 6.10 Å². The summed E-state index contributed by atoms with van der Waals surface area (Å²) in [5, 5.41) is 4.26. The lowest BCUT2D eigenvalue weighted by Crippen LogP contribution is -2.64. The minimum atomic E-state index is -0.353. The Hall–Kier alpha value is -1.36. The third-order valence-corrected chi connectivity index (χ3v) is 5.16. The average Bonchev–Trinajstić information content (AvgIpc) is 2.80. The Labute approximate surface area is 126 Å². The van der Waals surface area contributed by atoms with Crippen LogP contribution in [0.1, 0.15) is 63.1 Å². The Morgan fingerprint density at radius 3 is 2.48 bits per heavy atom. The third kappa shape index (κ3) is 2.48. The van der Waals surface area contributed by atoms with Gasteiger partial charge in [-0.2, -0.15) is 5.10 Å². The van der Waals surface area contributed by atoms with Gasteiger partial charge in [0.2, 0.25) is 0 Å². The predicted molar refractivity (Wildman–Crippen MR) is 80.3 cm³/mol. The number of rotatable bonds is 4. The van der Waals surface area contributed by atoms with Crippen LogP contribution < -0.4 is 0 Å². The number of hydrogen-bond donors (Lipinski definition) is 0. The van der Waals surface area contributed by atoms with Crippen molar-refractivity contribution in [3.8, 4) is 0 Å². The Morgan fingerprint density at radius 2 is 2.05 bits per heavy atom. The highest BCUT2D eigenvalue weighted by Crippen LogP contribution is 2.53. The van der Waals surface area contributed by atoms with Crippen LogP contribution in [0.25, 0.3) is 0 Å². The highest BCUT2D eigenvalue weighted by Gasteiger charge is 2.60. The van der Waals surface area contributed by atoms with Crippen LogP contribution in [-0.4, -0.2) is 34.6 Å². The monoisotopic (exact) mass is 294 g/mol. The lowest BCUT2D eigenvalue weighted by Gasteiger charge is -2.57. The van der Waals surface area contributed by atoms with Crippen LogP contribution >= 0.6 is 0 Å². The summed E-state index contributed by atoms with van der Waals surface area (Å²) in [6.45, 7) is 10.3. The highest BCUT2D eigenvalue weighted by atomic mass is 16.6. The van der Waals surface area contributed by atoms with Gasteiger partial charge in [-0.25, -0.2) is 4.79 Å². The lowest BCUT2D eigenvalue weighted by atomic mass is 9.57. The Bertz CT molecular complexity index is 548. The fourth-order valence-corrected chi connectivity index (χ4v) is 2.93. The molecular formula is C16H26N2O3. The predicted octanol–water partition coefficient (Wildman–Crippen LogP) is 2.90. The zero-order valence-electron chi connectivity index (χ0n) is 14.1. The Morgan fingerprint density at radius 1 is 1.43 bits per heavy atom. The maximum atomic E-state index is 12.3. The molecule has 1 fully saturated rings. The van der Waals surface area contributed by atoms with Crippen molar-refractivity contribution < 1.29 is 14.3 Å². The van der Waals surface area contributed by atoms with E-state index in [4.69, 9.17) is 9.47 Å². The van der Waals surface area contributed by atoms with E-state index < -0.39 is 0 Å². The molecule has 0 saturated heterocycles. The van der Waals surface area contributed by atoms with E-state index in [2.05, 4.69) is 39.7 Å². The summed E-state index contributed by atoms with van der Waals surface area (Å²) < 4.78 is 12.9. The van der Waals surface area contributed by atoms with Gasteiger partial charge < -0.3 is 9.47 Å². The molecule has 118 valence electrons. The summed E-state index contributed by atoms with van der Waals surface area (Å²) in [7, 11) is 3.55. The standard InChI is InChI=1S/C16H26N2O3/c1-10(2)12-8-11(17-18(12)6)14(19)21-13-9-16(5,20-7)15(13,3)4/h8,10,13H,9H2,1-7H3/t13-,16-/m0/s1. The van der Waals surface area contributed by atoms with Crippen molar-refractivity contribution in [2.45, 2.75) is 58.7 Å². The topological polar surface area (TPSA) is 53.4 Å². The van der Waals surface area contributed by atoms with Crippen LogP contribution in [0, 0.1) is 5.41 Å². The van der Waals surface area contributed by atoms with Crippen LogP contribution in [0.2, 0.25) is 0 Å². The number of aromatic nitrogens is 2. The van der Waals surface area contributed by atoms with Crippen LogP contribution in [0.5, 0.6) is 0 Å². The van der Waals surface area contributed by atoms with Gasteiger partial charge in [-0.3, -0.25) is 4.68 Å². The van der Waals surface area contributed by atoms with Gasteiger partial charge in [-0.1, -0.05) is 27.7 Å². The largest absolute Gasteiger partial charge is 0.457 e. The molecule has 1 saturated carbocycles. The minimum Gasteiger partial charge on any atom is -0.457 e. The Balaban J connectivity index is 2.08. The summed E-state index contributed by atoms with van der Waals surface area (Å²) >= 11 is 0. The van der Waals surface area contributed by atoms with Crippen molar-refractivity contribution in [2.24, 2.45) is 12.5 Å². The van der Waals surface area contributed by atoms with E-state index in [-0.39, 0.29) is 23.1 Å². The van der Waals surface area contributed by atoms with Gasteiger partial charge >= 0.3 is 5.97 Å². The van der Waals surface area contributed by atoms with Gasteiger partial charge in [0, 0.05) is 31.7 Å². The number of carbonyl (C=O) groups excluding carboxylic acids is 1. The molecule has 5 nitrogen and oxygen atoms in total. The summed E-state index contributed by atoms with van der Waals surface area (Å²) in [6, 6.07) is 1.81. The number of aryl methyl sites for hydroxylation is 1. The van der Waals surface area contributed by atoms with Crippen LogP contribution in [0.3, 0.4) is 0 Å². The van der Waals surface area contributed by atoms with E-state index in [1.54, 1.807) is 11.8 Å².